The van der Waals surface area contributed by atoms with E-state index in [0.29, 0.717) is 6.54 Å². The maximum absolute atomic E-state index is 13.0. The van der Waals surface area contributed by atoms with E-state index >= 15 is 0 Å². The smallest absolute Gasteiger partial charge is 0.230 e. The number of thiophene rings is 1. The Kier molecular flexibility index (Phi) is 5.10. The van der Waals surface area contributed by atoms with Crippen molar-refractivity contribution in [2.24, 2.45) is 17.1 Å². The molecule has 118 valence electrons. The lowest BCUT2D eigenvalue weighted by Crippen LogP contribution is -2.49. The van der Waals surface area contributed by atoms with Crippen molar-refractivity contribution in [3.05, 3.63) is 21.9 Å². The second-order valence-electron chi connectivity index (χ2n) is 6.71. The molecule has 1 heterocycles. The molecule has 1 amide bonds. The highest BCUT2D eigenvalue weighted by Gasteiger charge is 2.42. The monoisotopic (exact) mass is 308 g/mol. The van der Waals surface area contributed by atoms with Gasteiger partial charge in [-0.15, -0.1) is 11.3 Å². The van der Waals surface area contributed by atoms with Gasteiger partial charge in [-0.1, -0.05) is 6.92 Å². The molecule has 1 aromatic rings. The van der Waals surface area contributed by atoms with E-state index in [4.69, 9.17) is 5.73 Å². The molecule has 0 bridgehead atoms. The first-order valence-corrected chi connectivity index (χ1v) is 8.75. The standard InChI is InChI=1S/C17H28N2OS/c1-12-7-9-17(11-18,10-8-12)16(20)19(4)14(3)15-6-5-13(2)21-15/h5-6,12,14H,7-11,18H2,1-4H3. The van der Waals surface area contributed by atoms with Gasteiger partial charge in [0.25, 0.3) is 0 Å². The molecule has 1 aliphatic carbocycles. The fourth-order valence-corrected chi connectivity index (χ4v) is 4.21. The normalized spacial score (nSPS) is 27.4. The average molecular weight is 308 g/mol. The quantitative estimate of drug-likeness (QED) is 0.921. The Balaban J connectivity index is 2.13. The van der Waals surface area contributed by atoms with Gasteiger partial charge in [-0.2, -0.15) is 0 Å². The van der Waals surface area contributed by atoms with E-state index in [1.54, 1.807) is 11.3 Å². The van der Waals surface area contributed by atoms with Crippen molar-refractivity contribution in [1.29, 1.82) is 0 Å². The number of hydrogen-bond donors (Lipinski definition) is 1. The second kappa shape index (κ2) is 6.49. The van der Waals surface area contributed by atoms with Crippen LogP contribution in [0.25, 0.3) is 0 Å². The molecule has 0 saturated heterocycles. The molecular formula is C17H28N2OS. The van der Waals surface area contributed by atoms with Gasteiger partial charge in [-0.25, -0.2) is 0 Å². The molecule has 0 radical (unpaired) electrons. The van der Waals surface area contributed by atoms with Crippen molar-refractivity contribution in [3.8, 4) is 0 Å². The number of carbonyl (C=O) groups is 1. The molecule has 2 rings (SSSR count). The summed E-state index contributed by atoms with van der Waals surface area (Å²) in [6.45, 7) is 6.95. The van der Waals surface area contributed by atoms with E-state index in [0.717, 1.165) is 31.6 Å². The minimum atomic E-state index is -0.332. The summed E-state index contributed by atoms with van der Waals surface area (Å²) in [5.41, 5.74) is 5.69. The maximum Gasteiger partial charge on any atom is 0.230 e. The molecule has 0 spiro atoms. The summed E-state index contributed by atoms with van der Waals surface area (Å²) in [5, 5.41) is 0. The Morgan fingerprint density at radius 2 is 2.10 bits per heavy atom. The second-order valence-corrected chi connectivity index (χ2v) is 8.03. The lowest BCUT2D eigenvalue weighted by atomic mass is 9.70. The minimum Gasteiger partial charge on any atom is -0.338 e. The van der Waals surface area contributed by atoms with Gasteiger partial charge >= 0.3 is 0 Å². The van der Waals surface area contributed by atoms with E-state index in [1.807, 2.05) is 11.9 Å². The van der Waals surface area contributed by atoms with Gasteiger partial charge in [0.05, 0.1) is 11.5 Å². The number of carbonyl (C=O) groups excluding carboxylic acids is 1. The molecule has 1 aromatic heterocycles. The Morgan fingerprint density at radius 3 is 2.57 bits per heavy atom. The van der Waals surface area contributed by atoms with E-state index in [-0.39, 0.29) is 17.4 Å². The van der Waals surface area contributed by atoms with Crippen molar-refractivity contribution in [2.45, 2.75) is 52.5 Å². The van der Waals surface area contributed by atoms with Crippen LogP contribution in [-0.4, -0.2) is 24.4 Å². The van der Waals surface area contributed by atoms with Crippen LogP contribution in [-0.2, 0) is 4.79 Å². The van der Waals surface area contributed by atoms with Crippen LogP contribution >= 0.6 is 11.3 Å². The van der Waals surface area contributed by atoms with Gasteiger partial charge in [0.2, 0.25) is 5.91 Å². The third kappa shape index (κ3) is 3.32. The molecule has 1 atom stereocenters. The van der Waals surface area contributed by atoms with Crippen LogP contribution in [0.4, 0.5) is 0 Å². The van der Waals surface area contributed by atoms with Gasteiger partial charge in [-0.05, 0) is 57.6 Å². The molecule has 0 aromatic carbocycles. The SMILES string of the molecule is Cc1ccc(C(C)N(C)C(=O)C2(CN)CCC(C)CC2)s1. The van der Waals surface area contributed by atoms with Gasteiger partial charge in [0.1, 0.15) is 0 Å². The molecule has 1 unspecified atom stereocenters. The summed E-state index contributed by atoms with van der Waals surface area (Å²) in [7, 11) is 1.93. The Labute approximate surface area is 132 Å². The molecule has 4 heteroatoms. The molecule has 21 heavy (non-hydrogen) atoms. The molecule has 1 aliphatic rings. The summed E-state index contributed by atoms with van der Waals surface area (Å²) in [4.78, 5) is 17.5. The number of aryl methyl sites for hydroxylation is 1. The van der Waals surface area contributed by atoms with E-state index in [9.17, 15) is 4.79 Å². The molecular weight excluding hydrogens is 280 g/mol. The summed E-state index contributed by atoms with van der Waals surface area (Å²) >= 11 is 1.77. The molecule has 1 saturated carbocycles. The first-order chi connectivity index (χ1) is 9.89. The first kappa shape index (κ1) is 16.5. The van der Waals surface area contributed by atoms with Crippen LogP contribution in [0.15, 0.2) is 12.1 Å². The summed E-state index contributed by atoms with van der Waals surface area (Å²) < 4.78 is 0. The van der Waals surface area contributed by atoms with Crippen molar-refractivity contribution < 1.29 is 4.79 Å². The fourth-order valence-electron chi connectivity index (χ4n) is 3.24. The van der Waals surface area contributed by atoms with Gasteiger partial charge < -0.3 is 10.6 Å². The Hall–Kier alpha value is -0.870. The van der Waals surface area contributed by atoms with Gasteiger partial charge in [0, 0.05) is 23.3 Å². The van der Waals surface area contributed by atoms with Gasteiger partial charge in [-0.3, -0.25) is 4.79 Å². The highest BCUT2D eigenvalue weighted by Crippen LogP contribution is 2.41. The zero-order valence-electron chi connectivity index (χ0n) is 13.7. The maximum atomic E-state index is 13.0. The van der Waals surface area contributed by atoms with Crippen LogP contribution < -0.4 is 5.73 Å². The van der Waals surface area contributed by atoms with Gasteiger partial charge in [0.15, 0.2) is 0 Å². The number of nitrogens with zero attached hydrogens (tertiary/aromatic N) is 1. The lowest BCUT2D eigenvalue weighted by Gasteiger charge is -2.41. The van der Waals surface area contributed by atoms with Crippen LogP contribution in [0.1, 0.15) is 55.3 Å². The number of amides is 1. The minimum absolute atomic E-state index is 0.124. The molecule has 1 fully saturated rings. The third-order valence-electron chi connectivity index (χ3n) is 5.15. The van der Waals surface area contributed by atoms with E-state index in [2.05, 4.69) is 32.9 Å². The summed E-state index contributed by atoms with van der Waals surface area (Å²) in [6.07, 6.45) is 4.10. The largest absolute Gasteiger partial charge is 0.338 e. The summed E-state index contributed by atoms with van der Waals surface area (Å²) in [5.74, 6) is 0.954. The van der Waals surface area contributed by atoms with Crippen LogP contribution in [0.2, 0.25) is 0 Å². The number of nitrogens with two attached hydrogens (primary N) is 1. The van der Waals surface area contributed by atoms with Crippen LogP contribution in [0.3, 0.4) is 0 Å². The number of hydrogen-bond acceptors (Lipinski definition) is 3. The Morgan fingerprint density at radius 1 is 1.48 bits per heavy atom. The van der Waals surface area contributed by atoms with Crippen LogP contribution in [0.5, 0.6) is 0 Å². The first-order valence-electron chi connectivity index (χ1n) is 7.93. The van der Waals surface area contributed by atoms with Crippen molar-refractivity contribution in [2.75, 3.05) is 13.6 Å². The van der Waals surface area contributed by atoms with E-state index < -0.39 is 0 Å². The zero-order valence-corrected chi connectivity index (χ0v) is 14.5. The highest BCUT2D eigenvalue weighted by atomic mass is 32.1. The predicted octanol–water partition coefficient (Wildman–Crippen LogP) is 3.73. The van der Waals surface area contributed by atoms with Crippen molar-refractivity contribution >= 4 is 17.2 Å². The average Bonchev–Trinajstić information content (AvgIpc) is 2.93. The zero-order chi connectivity index (χ0) is 15.6. The lowest BCUT2D eigenvalue weighted by molar-refractivity contribution is -0.144. The van der Waals surface area contributed by atoms with Crippen molar-refractivity contribution in [3.63, 3.8) is 0 Å². The predicted molar refractivity (Wildman–Crippen MR) is 89.4 cm³/mol. The van der Waals surface area contributed by atoms with Crippen LogP contribution in [0, 0.1) is 18.3 Å². The van der Waals surface area contributed by atoms with Crippen molar-refractivity contribution in [1.82, 2.24) is 4.90 Å². The topological polar surface area (TPSA) is 46.3 Å². The van der Waals surface area contributed by atoms with E-state index in [1.165, 1.54) is 9.75 Å². The molecule has 3 nitrogen and oxygen atoms in total. The highest BCUT2D eigenvalue weighted by molar-refractivity contribution is 7.12. The molecule has 0 aliphatic heterocycles. The summed E-state index contributed by atoms with van der Waals surface area (Å²) in [6, 6.07) is 4.38. The fraction of sp³-hybridized carbons (Fsp3) is 0.706. The molecule has 2 N–H and O–H groups in total. The number of rotatable bonds is 4. The Bertz CT molecular complexity index is 489. The third-order valence-corrected chi connectivity index (χ3v) is 6.32.